The van der Waals surface area contributed by atoms with Gasteiger partial charge in [0.1, 0.15) is 0 Å². The van der Waals surface area contributed by atoms with Crippen molar-refractivity contribution < 1.29 is 9.59 Å². The van der Waals surface area contributed by atoms with Crippen LogP contribution in [0.5, 0.6) is 0 Å². The number of hydrogen-bond donors (Lipinski definition) is 0. The fraction of sp³-hybridized carbons (Fsp3) is 0.324. The van der Waals surface area contributed by atoms with Crippen molar-refractivity contribution in [3.63, 3.8) is 0 Å². The summed E-state index contributed by atoms with van der Waals surface area (Å²) in [6.07, 6.45) is 4.46. The Kier molecular flexibility index (Phi) is 9.89. The number of amides is 2. The molecule has 0 bridgehead atoms. The first-order chi connectivity index (χ1) is 21.9. The number of aromatic nitrogens is 1. The van der Waals surface area contributed by atoms with E-state index in [2.05, 4.69) is 51.2 Å². The first-order valence-corrected chi connectivity index (χ1v) is 16.1. The van der Waals surface area contributed by atoms with Gasteiger partial charge in [0.25, 0.3) is 0 Å². The van der Waals surface area contributed by atoms with Crippen molar-refractivity contribution in [1.29, 1.82) is 0 Å². The molecule has 0 aliphatic carbocycles. The topological polar surface area (TPSA) is 60.0 Å². The van der Waals surface area contributed by atoms with E-state index in [-0.39, 0.29) is 17.7 Å². The first kappa shape index (κ1) is 31.0. The molecule has 1 saturated heterocycles. The number of nitrogens with zero attached hydrogens (tertiary/aromatic N) is 5. The van der Waals surface area contributed by atoms with Gasteiger partial charge in [-0.1, -0.05) is 66.2 Å². The molecule has 0 atom stereocenters. The third-order valence-electron chi connectivity index (χ3n) is 8.84. The monoisotopic (exact) mass is 621 g/mol. The first-order valence-electron chi connectivity index (χ1n) is 15.8. The summed E-state index contributed by atoms with van der Waals surface area (Å²) >= 11 is 6.07. The zero-order valence-corrected chi connectivity index (χ0v) is 26.6. The molecule has 7 nitrogen and oxygen atoms in total. The summed E-state index contributed by atoms with van der Waals surface area (Å²) in [5, 5.41) is 0.728. The predicted octanol–water partition coefficient (Wildman–Crippen LogP) is 6.12. The van der Waals surface area contributed by atoms with Gasteiger partial charge in [-0.3, -0.25) is 24.4 Å². The maximum absolute atomic E-state index is 14.2. The largest absolute Gasteiger partial charge is 0.337 e. The van der Waals surface area contributed by atoms with Gasteiger partial charge in [0.2, 0.25) is 11.8 Å². The van der Waals surface area contributed by atoms with Gasteiger partial charge in [0, 0.05) is 88.9 Å². The van der Waals surface area contributed by atoms with E-state index >= 15 is 0 Å². The molecule has 0 spiro atoms. The Labute approximate surface area is 271 Å². The van der Waals surface area contributed by atoms with Gasteiger partial charge >= 0.3 is 0 Å². The number of rotatable bonds is 6. The number of anilines is 1. The van der Waals surface area contributed by atoms with Gasteiger partial charge in [-0.25, -0.2) is 0 Å². The molecule has 0 radical (unpaired) electrons. The predicted molar refractivity (Wildman–Crippen MR) is 180 cm³/mol. The van der Waals surface area contributed by atoms with E-state index in [0.29, 0.717) is 19.6 Å². The molecule has 1 fully saturated rings. The van der Waals surface area contributed by atoms with E-state index in [9.17, 15) is 9.59 Å². The van der Waals surface area contributed by atoms with Crippen LogP contribution in [0.1, 0.15) is 30.0 Å². The van der Waals surface area contributed by atoms with Crippen molar-refractivity contribution in [3.05, 3.63) is 119 Å². The van der Waals surface area contributed by atoms with Crippen LogP contribution in [0.3, 0.4) is 0 Å². The Balaban J connectivity index is 1.27. The third kappa shape index (κ3) is 7.79. The van der Waals surface area contributed by atoms with Crippen LogP contribution < -0.4 is 4.90 Å². The highest BCUT2D eigenvalue weighted by Crippen LogP contribution is 2.31. The summed E-state index contributed by atoms with van der Waals surface area (Å²) < 4.78 is 0. The molecular formula is C37H40ClN5O2. The molecule has 0 saturated carbocycles. The van der Waals surface area contributed by atoms with Gasteiger partial charge in [0.15, 0.2) is 0 Å². The molecule has 3 heterocycles. The normalized spacial score (nSPS) is 16.8. The second kappa shape index (κ2) is 14.4. The van der Waals surface area contributed by atoms with Gasteiger partial charge in [-0.2, -0.15) is 0 Å². The van der Waals surface area contributed by atoms with Gasteiger partial charge in [-0.15, -0.1) is 0 Å². The molecular weight excluding hydrogens is 582 g/mol. The molecule has 45 heavy (non-hydrogen) atoms. The van der Waals surface area contributed by atoms with Gasteiger partial charge in [-0.05, 0) is 64.6 Å². The lowest BCUT2D eigenvalue weighted by Gasteiger charge is -2.41. The maximum Gasteiger partial charge on any atom is 0.228 e. The zero-order valence-electron chi connectivity index (χ0n) is 25.8. The number of halogens is 1. The van der Waals surface area contributed by atoms with Crippen molar-refractivity contribution in [3.8, 4) is 11.1 Å². The summed E-state index contributed by atoms with van der Waals surface area (Å²) in [6, 6.07) is 28.6. The SMILES string of the molecule is CC(=O)N1CCCN(Cc2ccccc2)CCN(C(=O)C2CN(Cc3ccc(Cl)cc3)C2)Cc2cc(-c3cccnc3)ccc21. The molecule has 4 aromatic rings. The Morgan fingerprint density at radius 1 is 0.800 bits per heavy atom. The highest BCUT2D eigenvalue weighted by atomic mass is 35.5. The van der Waals surface area contributed by atoms with Crippen molar-refractivity contribution in [2.45, 2.75) is 33.0 Å². The van der Waals surface area contributed by atoms with Crippen LogP contribution in [0.15, 0.2) is 97.3 Å². The Hall–Kier alpha value is -4.04. The molecule has 2 aliphatic heterocycles. The fourth-order valence-corrected chi connectivity index (χ4v) is 6.52. The third-order valence-corrected chi connectivity index (χ3v) is 9.09. The number of fused-ring (bicyclic) bond motifs is 1. The number of carbonyl (C=O) groups excluding carboxylic acids is 2. The number of likely N-dealkylation sites (tertiary alicyclic amines) is 1. The zero-order chi connectivity index (χ0) is 31.2. The summed E-state index contributed by atoms with van der Waals surface area (Å²) in [5.41, 5.74) is 6.33. The summed E-state index contributed by atoms with van der Waals surface area (Å²) in [4.78, 5) is 40.2. The lowest BCUT2D eigenvalue weighted by molar-refractivity contribution is -0.142. The van der Waals surface area contributed by atoms with Crippen LogP contribution in [-0.2, 0) is 29.2 Å². The maximum atomic E-state index is 14.2. The Bertz CT molecular complexity index is 1590. The lowest BCUT2D eigenvalue weighted by Crippen LogP contribution is -2.54. The molecule has 0 unspecified atom stereocenters. The molecule has 2 aliphatic rings. The second-order valence-corrected chi connectivity index (χ2v) is 12.6. The number of pyridine rings is 1. The van der Waals surface area contributed by atoms with Crippen molar-refractivity contribution in [1.82, 2.24) is 19.7 Å². The minimum Gasteiger partial charge on any atom is -0.337 e. The van der Waals surface area contributed by atoms with Crippen LogP contribution in [0.4, 0.5) is 5.69 Å². The molecule has 6 rings (SSSR count). The molecule has 232 valence electrons. The van der Waals surface area contributed by atoms with E-state index in [1.165, 1.54) is 11.1 Å². The van der Waals surface area contributed by atoms with E-state index in [1.54, 1.807) is 13.1 Å². The minimum atomic E-state index is -0.0566. The minimum absolute atomic E-state index is 0.00828. The van der Waals surface area contributed by atoms with Crippen LogP contribution in [0.25, 0.3) is 11.1 Å². The van der Waals surface area contributed by atoms with Crippen molar-refractivity contribution in [2.75, 3.05) is 44.2 Å². The quantitative estimate of drug-likeness (QED) is 0.260. The van der Waals surface area contributed by atoms with Crippen LogP contribution in [-0.4, -0.2) is 70.8 Å². The Morgan fingerprint density at radius 2 is 1.56 bits per heavy atom. The van der Waals surface area contributed by atoms with Gasteiger partial charge in [0.05, 0.1) is 5.92 Å². The molecule has 3 aromatic carbocycles. The van der Waals surface area contributed by atoms with Crippen LogP contribution in [0, 0.1) is 5.92 Å². The molecule has 0 N–H and O–H groups in total. The molecule has 8 heteroatoms. The van der Waals surface area contributed by atoms with Crippen LogP contribution >= 0.6 is 11.6 Å². The van der Waals surface area contributed by atoms with E-state index in [0.717, 1.165) is 73.1 Å². The van der Waals surface area contributed by atoms with Crippen LogP contribution in [0.2, 0.25) is 5.02 Å². The molecule has 1 aromatic heterocycles. The number of carbonyl (C=O) groups is 2. The highest BCUT2D eigenvalue weighted by Gasteiger charge is 2.36. The average Bonchev–Trinajstić information content (AvgIpc) is 3.07. The van der Waals surface area contributed by atoms with E-state index < -0.39 is 0 Å². The molecule has 2 amide bonds. The highest BCUT2D eigenvalue weighted by molar-refractivity contribution is 6.30. The lowest BCUT2D eigenvalue weighted by atomic mass is 9.96. The second-order valence-electron chi connectivity index (χ2n) is 12.1. The van der Waals surface area contributed by atoms with E-state index in [1.807, 2.05) is 64.5 Å². The fourth-order valence-electron chi connectivity index (χ4n) is 6.40. The summed E-state index contributed by atoms with van der Waals surface area (Å²) in [5.74, 6) is 0.126. The summed E-state index contributed by atoms with van der Waals surface area (Å²) in [7, 11) is 0. The van der Waals surface area contributed by atoms with Crippen molar-refractivity contribution >= 4 is 29.1 Å². The standard InChI is InChI=1S/C37H40ClN5O2/c1-28(44)43-18-6-17-40(23-29-7-3-2-4-8-29)19-20-42(27-33-21-31(12-15-36(33)43)32-9-5-16-39-22-32)37(45)34-25-41(26-34)24-30-10-13-35(38)14-11-30/h2-5,7-16,21-22,34H,6,17-20,23-27H2,1H3. The number of hydrogen-bond acceptors (Lipinski definition) is 5. The van der Waals surface area contributed by atoms with E-state index in [4.69, 9.17) is 11.6 Å². The Morgan fingerprint density at radius 3 is 2.29 bits per heavy atom. The summed E-state index contributed by atoms with van der Waals surface area (Å²) in [6.45, 7) is 7.98. The van der Waals surface area contributed by atoms with Crippen molar-refractivity contribution in [2.24, 2.45) is 5.92 Å². The average molecular weight is 622 g/mol. The van der Waals surface area contributed by atoms with Gasteiger partial charge < -0.3 is 9.80 Å². The number of benzene rings is 3. The smallest absolute Gasteiger partial charge is 0.228 e.